The zero-order valence-electron chi connectivity index (χ0n) is 12.1. The van der Waals surface area contributed by atoms with Gasteiger partial charge in [0.2, 0.25) is 5.82 Å². The van der Waals surface area contributed by atoms with Crippen LogP contribution < -0.4 is 10.3 Å². The molecule has 0 saturated carbocycles. The van der Waals surface area contributed by atoms with Crippen molar-refractivity contribution in [2.24, 2.45) is 0 Å². The topological polar surface area (TPSA) is 67.0 Å². The van der Waals surface area contributed by atoms with Crippen molar-refractivity contribution >= 4 is 40.1 Å². The zero-order chi connectivity index (χ0) is 18.2. The second-order valence-electron chi connectivity index (χ2n) is 4.87. The van der Waals surface area contributed by atoms with Gasteiger partial charge in [-0.05, 0) is 18.2 Å². The molecule has 0 spiro atoms. The number of rotatable bonds is 3. The van der Waals surface area contributed by atoms with Crippen LogP contribution in [0.4, 0.5) is 13.2 Å². The average Bonchev–Trinajstić information content (AvgIpc) is 2.98. The average molecular weight is 390 g/mol. The Labute approximate surface area is 148 Å². The van der Waals surface area contributed by atoms with Crippen molar-refractivity contribution in [3.05, 3.63) is 57.8 Å². The summed E-state index contributed by atoms with van der Waals surface area (Å²) in [7, 11) is 0. The van der Waals surface area contributed by atoms with Crippen LogP contribution in [0.5, 0.6) is 5.75 Å². The van der Waals surface area contributed by atoms with Crippen LogP contribution in [0.3, 0.4) is 0 Å². The largest absolute Gasteiger partial charge is 0.449 e. The monoisotopic (exact) mass is 389 g/mol. The molecule has 0 aliphatic carbocycles. The molecule has 0 atom stereocenters. The molecule has 0 radical (unpaired) electrons. The summed E-state index contributed by atoms with van der Waals surface area (Å²) >= 11 is 11.9. The molecule has 1 heterocycles. The molecule has 0 fully saturated rings. The fraction of sp³-hybridized carbons (Fsp3) is 0.0667. The Morgan fingerprint density at radius 1 is 1.20 bits per heavy atom. The first kappa shape index (κ1) is 17.4. The van der Waals surface area contributed by atoms with Crippen molar-refractivity contribution in [1.82, 2.24) is 15.4 Å². The number of benzene rings is 2. The molecule has 10 heteroatoms. The van der Waals surface area contributed by atoms with Crippen molar-refractivity contribution in [2.75, 3.05) is 0 Å². The van der Waals surface area contributed by atoms with E-state index in [9.17, 15) is 18.0 Å². The van der Waals surface area contributed by atoms with Crippen LogP contribution in [0.15, 0.2) is 36.4 Å². The molecule has 130 valence electrons. The van der Waals surface area contributed by atoms with Gasteiger partial charge in [-0.1, -0.05) is 41.4 Å². The van der Waals surface area contributed by atoms with Crippen LogP contribution >= 0.6 is 23.2 Å². The third-order valence-electron chi connectivity index (χ3n) is 3.17. The number of aromatic amines is 1. The number of nitrogens with one attached hydrogen (secondary N) is 2. The van der Waals surface area contributed by atoms with Crippen LogP contribution in [0.2, 0.25) is 10.0 Å². The van der Waals surface area contributed by atoms with E-state index in [0.717, 1.165) is 6.07 Å². The molecule has 25 heavy (non-hydrogen) atoms. The maximum absolute atomic E-state index is 12.8. The molecule has 2 aromatic carbocycles. The van der Waals surface area contributed by atoms with E-state index < -0.39 is 17.9 Å². The number of para-hydroxylation sites is 1. The van der Waals surface area contributed by atoms with Gasteiger partial charge in [-0.25, -0.2) is 4.98 Å². The third kappa shape index (κ3) is 3.49. The molecular formula is C15H8Cl2F3N3O2. The van der Waals surface area contributed by atoms with E-state index in [1.165, 1.54) is 0 Å². The van der Waals surface area contributed by atoms with Gasteiger partial charge < -0.3 is 9.82 Å². The number of nitrogens with zero attached hydrogens (tertiary/aromatic N) is 1. The van der Waals surface area contributed by atoms with Crippen LogP contribution in [0.1, 0.15) is 16.2 Å². The summed E-state index contributed by atoms with van der Waals surface area (Å²) in [5, 5.41) is -0.333. The maximum atomic E-state index is 12.8. The van der Waals surface area contributed by atoms with Crippen molar-refractivity contribution in [3.63, 3.8) is 0 Å². The second kappa shape index (κ2) is 6.45. The SMILES string of the molecule is O=C(NOc1ccccc1)c1c(Cl)c(Cl)cc2nc(C(F)(F)F)[nH]c12. The lowest BCUT2D eigenvalue weighted by molar-refractivity contribution is -0.144. The van der Waals surface area contributed by atoms with Gasteiger partial charge in [-0.15, -0.1) is 0 Å². The fourth-order valence-electron chi connectivity index (χ4n) is 2.09. The number of hydrogen-bond acceptors (Lipinski definition) is 3. The number of carbonyl (C=O) groups excluding carboxylic acids is 1. The van der Waals surface area contributed by atoms with Gasteiger partial charge in [0.1, 0.15) is 0 Å². The summed E-state index contributed by atoms with van der Waals surface area (Å²) in [6.45, 7) is 0. The summed E-state index contributed by atoms with van der Waals surface area (Å²) in [4.78, 5) is 22.9. The summed E-state index contributed by atoms with van der Waals surface area (Å²) in [6, 6.07) is 9.39. The highest BCUT2D eigenvalue weighted by molar-refractivity contribution is 6.45. The molecule has 0 saturated heterocycles. The van der Waals surface area contributed by atoms with Gasteiger partial charge in [0, 0.05) is 0 Å². The smallest absolute Gasteiger partial charge is 0.379 e. The number of aromatic nitrogens is 2. The second-order valence-corrected chi connectivity index (χ2v) is 5.66. The minimum atomic E-state index is -4.72. The molecule has 1 amide bonds. The van der Waals surface area contributed by atoms with E-state index in [4.69, 9.17) is 28.0 Å². The lowest BCUT2D eigenvalue weighted by Gasteiger charge is -2.09. The number of alkyl halides is 3. The Bertz CT molecular complexity index is 943. The number of hydrogen-bond donors (Lipinski definition) is 2. The Morgan fingerprint density at radius 2 is 1.88 bits per heavy atom. The first-order valence-electron chi connectivity index (χ1n) is 6.74. The molecule has 2 N–H and O–H groups in total. The number of H-pyrrole nitrogens is 1. The molecule has 0 bridgehead atoms. The van der Waals surface area contributed by atoms with E-state index in [0.29, 0.717) is 5.75 Å². The van der Waals surface area contributed by atoms with Crippen LogP contribution in [0.25, 0.3) is 11.0 Å². The van der Waals surface area contributed by atoms with Crippen molar-refractivity contribution in [3.8, 4) is 5.75 Å². The van der Waals surface area contributed by atoms with Gasteiger partial charge in [0.25, 0.3) is 5.91 Å². The van der Waals surface area contributed by atoms with Gasteiger partial charge in [-0.3, -0.25) is 4.79 Å². The highest BCUT2D eigenvalue weighted by Gasteiger charge is 2.36. The van der Waals surface area contributed by atoms with Crippen molar-refractivity contribution in [1.29, 1.82) is 0 Å². The third-order valence-corrected chi connectivity index (χ3v) is 3.96. The van der Waals surface area contributed by atoms with E-state index in [2.05, 4.69) is 15.4 Å². The predicted molar refractivity (Wildman–Crippen MR) is 85.7 cm³/mol. The number of fused-ring (bicyclic) bond motifs is 1. The summed E-state index contributed by atoms with van der Waals surface area (Å²) in [6.07, 6.45) is -4.72. The highest BCUT2D eigenvalue weighted by atomic mass is 35.5. The number of amides is 1. The summed E-state index contributed by atoms with van der Waals surface area (Å²) in [5.74, 6) is -1.82. The predicted octanol–water partition coefficient (Wildman–Crippen LogP) is 4.61. The molecule has 0 aliphatic rings. The standard InChI is InChI=1S/C15H8Cl2F3N3O2/c16-8-6-9-12(22-14(21-9)15(18,19)20)10(11(8)17)13(24)23-25-7-4-2-1-3-5-7/h1-6H,(H,21,22)(H,23,24). The lowest BCUT2D eigenvalue weighted by atomic mass is 10.1. The molecule has 3 aromatic rings. The summed E-state index contributed by atoms with van der Waals surface area (Å²) in [5.41, 5.74) is 1.46. The van der Waals surface area contributed by atoms with E-state index >= 15 is 0 Å². The minimum absolute atomic E-state index is 0.112. The first-order chi connectivity index (χ1) is 11.8. The number of carbonyl (C=O) groups is 1. The molecule has 5 nitrogen and oxygen atoms in total. The van der Waals surface area contributed by atoms with E-state index in [1.54, 1.807) is 30.3 Å². The normalized spacial score (nSPS) is 11.6. The quantitative estimate of drug-likeness (QED) is 0.642. The van der Waals surface area contributed by atoms with Crippen LogP contribution in [0, 0.1) is 0 Å². The minimum Gasteiger partial charge on any atom is -0.379 e. The molecule has 0 unspecified atom stereocenters. The Morgan fingerprint density at radius 3 is 2.52 bits per heavy atom. The molecular weight excluding hydrogens is 382 g/mol. The molecule has 3 rings (SSSR count). The Balaban J connectivity index is 2.00. The maximum Gasteiger partial charge on any atom is 0.449 e. The van der Waals surface area contributed by atoms with Crippen molar-refractivity contribution < 1.29 is 22.8 Å². The molecule has 0 aliphatic heterocycles. The number of imidazole rings is 1. The highest BCUT2D eigenvalue weighted by Crippen LogP contribution is 2.35. The van der Waals surface area contributed by atoms with E-state index in [-0.39, 0.29) is 26.6 Å². The van der Waals surface area contributed by atoms with Crippen molar-refractivity contribution in [2.45, 2.75) is 6.18 Å². The zero-order valence-corrected chi connectivity index (χ0v) is 13.6. The summed E-state index contributed by atoms with van der Waals surface area (Å²) < 4.78 is 38.5. The number of halogens is 5. The Kier molecular flexibility index (Phi) is 4.49. The van der Waals surface area contributed by atoms with Gasteiger partial charge in [-0.2, -0.15) is 18.7 Å². The van der Waals surface area contributed by atoms with Crippen LogP contribution in [-0.4, -0.2) is 15.9 Å². The van der Waals surface area contributed by atoms with Gasteiger partial charge in [0.15, 0.2) is 5.75 Å². The van der Waals surface area contributed by atoms with Crippen LogP contribution in [-0.2, 0) is 6.18 Å². The van der Waals surface area contributed by atoms with Gasteiger partial charge in [0.05, 0.1) is 26.6 Å². The number of hydroxylamine groups is 1. The van der Waals surface area contributed by atoms with Gasteiger partial charge >= 0.3 is 6.18 Å². The first-order valence-corrected chi connectivity index (χ1v) is 7.50. The lowest BCUT2D eigenvalue weighted by Crippen LogP contribution is -2.27. The molecule has 1 aromatic heterocycles. The Hall–Kier alpha value is -2.45. The van der Waals surface area contributed by atoms with E-state index in [1.807, 2.05) is 0 Å². The fourth-order valence-corrected chi connectivity index (χ4v) is 2.52.